The van der Waals surface area contributed by atoms with Gasteiger partial charge >= 0.3 is 0 Å². The predicted molar refractivity (Wildman–Crippen MR) is 112 cm³/mol. The highest BCUT2D eigenvalue weighted by atomic mass is 16.2. The van der Waals surface area contributed by atoms with Gasteiger partial charge < -0.3 is 10.2 Å². The Balaban J connectivity index is 1.95. The Morgan fingerprint density at radius 3 is 2.52 bits per heavy atom. The second-order valence-corrected chi connectivity index (χ2v) is 8.00. The van der Waals surface area contributed by atoms with Gasteiger partial charge in [-0.3, -0.25) is 18.9 Å². The van der Waals surface area contributed by atoms with Gasteiger partial charge in [-0.1, -0.05) is 13.8 Å². The van der Waals surface area contributed by atoms with Crippen LogP contribution < -0.4 is 5.32 Å². The summed E-state index contributed by atoms with van der Waals surface area (Å²) >= 11 is 0. The summed E-state index contributed by atoms with van der Waals surface area (Å²) in [5, 5.41) is 11.8. The van der Waals surface area contributed by atoms with Crippen LogP contribution in [0.1, 0.15) is 69.7 Å². The van der Waals surface area contributed by atoms with Crippen LogP contribution in [0.4, 0.5) is 0 Å². The van der Waals surface area contributed by atoms with Crippen LogP contribution in [0.5, 0.6) is 0 Å². The molecule has 0 aliphatic carbocycles. The lowest BCUT2D eigenvalue weighted by molar-refractivity contribution is -0.132. The summed E-state index contributed by atoms with van der Waals surface area (Å²) in [6.07, 6.45) is 3.61. The number of pyridine rings is 1. The smallest absolute Gasteiger partial charge is 0.252 e. The van der Waals surface area contributed by atoms with Crippen LogP contribution in [-0.4, -0.2) is 67.9 Å². The van der Waals surface area contributed by atoms with E-state index in [-0.39, 0.29) is 23.9 Å². The zero-order chi connectivity index (χ0) is 21.1. The van der Waals surface area contributed by atoms with Gasteiger partial charge in [-0.2, -0.15) is 0 Å². The van der Waals surface area contributed by atoms with E-state index in [2.05, 4.69) is 48.1 Å². The molecular formula is C21H32N6O2. The maximum Gasteiger partial charge on any atom is 0.252 e. The summed E-state index contributed by atoms with van der Waals surface area (Å²) in [4.78, 5) is 28.9. The van der Waals surface area contributed by atoms with Crippen molar-refractivity contribution < 1.29 is 9.59 Å². The molecular weight excluding hydrogens is 368 g/mol. The number of nitrogens with one attached hydrogen (secondary N) is 1. The molecule has 0 unspecified atom stereocenters. The molecule has 0 aromatic carbocycles. The average Bonchev–Trinajstić information content (AvgIpc) is 3.14. The third-order valence-corrected chi connectivity index (χ3v) is 5.84. The summed E-state index contributed by atoms with van der Waals surface area (Å²) in [5.74, 6) is 0.740. The van der Waals surface area contributed by atoms with E-state index in [1.807, 2.05) is 21.6 Å². The van der Waals surface area contributed by atoms with Gasteiger partial charge in [0.1, 0.15) is 0 Å². The Morgan fingerprint density at radius 1 is 1.17 bits per heavy atom. The summed E-state index contributed by atoms with van der Waals surface area (Å²) in [6, 6.07) is 4.01. The lowest BCUT2D eigenvalue weighted by Crippen LogP contribution is -2.52. The molecule has 0 saturated carbocycles. The van der Waals surface area contributed by atoms with E-state index in [0.29, 0.717) is 30.3 Å². The van der Waals surface area contributed by atoms with Gasteiger partial charge in [0.25, 0.3) is 5.91 Å². The van der Waals surface area contributed by atoms with E-state index >= 15 is 0 Å². The highest BCUT2D eigenvalue weighted by Gasteiger charge is 2.34. The summed E-state index contributed by atoms with van der Waals surface area (Å²) in [7, 11) is 0. The molecule has 1 saturated heterocycles. The van der Waals surface area contributed by atoms with E-state index in [0.717, 1.165) is 25.2 Å². The molecule has 0 bridgehead atoms. The molecule has 0 spiro atoms. The summed E-state index contributed by atoms with van der Waals surface area (Å²) in [6.45, 7) is 12.1. The molecule has 158 valence electrons. The first-order valence-corrected chi connectivity index (χ1v) is 10.5. The van der Waals surface area contributed by atoms with Gasteiger partial charge in [0.15, 0.2) is 11.5 Å². The van der Waals surface area contributed by atoms with E-state index < -0.39 is 0 Å². The van der Waals surface area contributed by atoms with Gasteiger partial charge in [0.2, 0.25) is 5.91 Å². The fourth-order valence-corrected chi connectivity index (χ4v) is 3.96. The first-order valence-electron chi connectivity index (χ1n) is 10.5. The van der Waals surface area contributed by atoms with E-state index in [1.54, 1.807) is 13.0 Å². The third kappa shape index (κ3) is 4.42. The standard InChI is InChI=1S/C21H32N6O2/c1-6-17(7-2)22-21(29)16-8-9-19-23-24-20(27(19)12-16)18-13-25(15(5)28)10-11-26(18)14(3)4/h8-9,12,14,17-18H,6-7,10-11,13H2,1-5H3,(H,22,29)/t18-/m0/s1. The molecule has 8 nitrogen and oxygen atoms in total. The van der Waals surface area contributed by atoms with Crippen molar-refractivity contribution >= 4 is 17.5 Å². The van der Waals surface area contributed by atoms with Gasteiger partial charge in [-0.25, -0.2) is 0 Å². The van der Waals surface area contributed by atoms with Crippen LogP contribution in [0.2, 0.25) is 0 Å². The topological polar surface area (TPSA) is 82.8 Å². The Kier molecular flexibility index (Phi) is 6.52. The third-order valence-electron chi connectivity index (χ3n) is 5.84. The number of carbonyl (C=O) groups is 2. The largest absolute Gasteiger partial charge is 0.349 e. The number of hydrogen-bond donors (Lipinski definition) is 1. The summed E-state index contributed by atoms with van der Waals surface area (Å²) in [5.41, 5.74) is 1.28. The van der Waals surface area contributed by atoms with Crippen molar-refractivity contribution in [2.75, 3.05) is 19.6 Å². The van der Waals surface area contributed by atoms with E-state index in [1.165, 1.54) is 0 Å². The molecule has 1 aliphatic heterocycles. The maximum atomic E-state index is 12.7. The van der Waals surface area contributed by atoms with Crippen LogP contribution in [0, 0.1) is 0 Å². The molecule has 1 fully saturated rings. The molecule has 2 aromatic heterocycles. The minimum Gasteiger partial charge on any atom is -0.349 e. The first kappa shape index (κ1) is 21.2. The normalized spacial score (nSPS) is 18.0. The molecule has 3 heterocycles. The van der Waals surface area contributed by atoms with Crippen molar-refractivity contribution in [3.05, 3.63) is 29.7 Å². The number of carbonyl (C=O) groups excluding carboxylic acids is 2. The number of aromatic nitrogens is 3. The van der Waals surface area contributed by atoms with Crippen LogP contribution >= 0.6 is 0 Å². The molecule has 3 rings (SSSR count). The summed E-state index contributed by atoms with van der Waals surface area (Å²) < 4.78 is 1.89. The maximum absolute atomic E-state index is 12.7. The van der Waals surface area contributed by atoms with Crippen molar-refractivity contribution in [2.24, 2.45) is 0 Å². The Morgan fingerprint density at radius 2 is 1.90 bits per heavy atom. The van der Waals surface area contributed by atoms with Gasteiger partial charge in [-0.15, -0.1) is 10.2 Å². The number of fused-ring (bicyclic) bond motifs is 1. The quantitative estimate of drug-likeness (QED) is 0.804. The van der Waals surface area contributed by atoms with Crippen molar-refractivity contribution in [1.82, 2.24) is 29.7 Å². The molecule has 1 aliphatic rings. The number of hydrogen-bond acceptors (Lipinski definition) is 5. The molecule has 0 radical (unpaired) electrons. The second-order valence-electron chi connectivity index (χ2n) is 8.00. The highest BCUT2D eigenvalue weighted by Crippen LogP contribution is 2.27. The SMILES string of the molecule is CCC(CC)NC(=O)c1ccc2nnc([C@@H]3CN(C(C)=O)CCN3C(C)C)n2c1. The minimum atomic E-state index is -0.0880. The van der Waals surface area contributed by atoms with Gasteiger partial charge in [0.05, 0.1) is 11.6 Å². The number of piperazine rings is 1. The highest BCUT2D eigenvalue weighted by molar-refractivity contribution is 5.94. The molecule has 2 amide bonds. The number of amides is 2. The van der Waals surface area contributed by atoms with E-state index in [4.69, 9.17) is 0 Å². The average molecular weight is 401 g/mol. The zero-order valence-corrected chi connectivity index (χ0v) is 18.1. The number of rotatable bonds is 6. The fraction of sp³-hybridized carbons (Fsp3) is 0.619. The lowest BCUT2D eigenvalue weighted by atomic mass is 10.1. The number of nitrogens with zero attached hydrogens (tertiary/aromatic N) is 5. The molecule has 1 N–H and O–H groups in total. The minimum absolute atomic E-state index is 0.0671. The molecule has 8 heteroatoms. The second kappa shape index (κ2) is 8.90. The monoisotopic (exact) mass is 400 g/mol. The predicted octanol–water partition coefficient (Wildman–Crippen LogP) is 2.26. The van der Waals surface area contributed by atoms with Crippen LogP contribution in [-0.2, 0) is 4.79 Å². The zero-order valence-electron chi connectivity index (χ0n) is 18.1. The van der Waals surface area contributed by atoms with Gasteiger partial charge in [0, 0.05) is 44.8 Å². The Labute approximate surface area is 172 Å². The van der Waals surface area contributed by atoms with Crippen molar-refractivity contribution in [3.8, 4) is 0 Å². The lowest BCUT2D eigenvalue weighted by Gasteiger charge is -2.42. The van der Waals surface area contributed by atoms with Crippen LogP contribution in [0.25, 0.3) is 5.65 Å². The van der Waals surface area contributed by atoms with Crippen molar-refractivity contribution in [1.29, 1.82) is 0 Å². The van der Waals surface area contributed by atoms with E-state index in [9.17, 15) is 9.59 Å². The van der Waals surface area contributed by atoms with Gasteiger partial charge in [-0.05, 0) is 38.8 Å². The first-order chi connectivity index (χ1) is 13.8. The molecule has 1 atom stereocenters. The van der Waals surface area contributed by atoms with Crippen LogP contribution in [0.3, 0.4) is 0 Å². The Bertz CT molecular complexity index is 873. The van der Waals surface area contributed by atoms with Crippen LogP contribution in [0.15, 0.2) is 18.3 Å². The fourth-order valence-electron chi connectivity index (χ4n) is 3.96. The molecule has 29 heavy (non-hydrogen) atoms. The van der Waals surface area contributed by atoms with Crippen molar-refractivity contribution in [3.63, 3.8) is 0 Å². The molecule has 2 aromatic rings. The van der Waals surface area contributed by atoms with Crippen molar-refractivity contribution in [2.45, 2.75) is 65.6 Å². The Hall–Kier alpha value is -2.48.